The van der Waals surface area contributed by atoms with E-state index in [2.05, 4.69) is 44.5 Å². The Hall–Kier alpha value is -1.01. The lowest BCUT2D eigenvalue weighted by molar-refractivity contribution is 0.219. The smallest absolute Gasteiger partial charge is 0.192 e. The van der Waals surface area contributed by atoms with Crippen LogP contribution in [0.25, 0.3) is 0 Å². The minimum Gasteiger partial charge on any atom is -0.304 e. The number of hydrogen-bond acceptors (Lipinski definition) is 5. The second kappa shape index (κ2) is 4.02. The van der Waals surface area contributed by atoms with Gasteiger partial charge in [0.15, 0.2) is 5.82 Å². The molecule has 6 nitrogen and oxygen atoms in total. The van der Waals surface area contributed by atoms with E-state index in [0.717, 1.165) is 25.5 Å². The highest BCUT2D eigenvalue weighted by Gasteiger charge is 2.24. The van der Waals surface area contributed by atoms with Crippen LogP contribution in [0, 0.1) is 0 Å². The van der Waals surface area contributed by atoms with E-state index in [1.165, 1.54) is 6.42 Å². The molecule has 2 rings (SSSR count). The second-order valence-electron chi connectivity index (χ2n) is 3.88. The third-order valence-electron chi connectivity index (χ3n) is 2.73. The molecule has 1 N–H and O–H groups in total. The van der Waals surface area contributed by atoms with Crippen LogP contribution in [0.3, 0.4) is 0 Å². The molecule has 1 aliphatic heterocycles. The predicted molar refractivity (Wildman–Crippen MR) is 51.7 cm³/mol. The first-order chi connectivity index (χ1) is 6.77. The van der Waals surface area contributed by atoms with Crippen molar-refractivity contribution in [3.05, 3.63) is 5.82 Å². The Kier molecular flexibility index (Phi) is 2.74. The Morgan fingerprint density at radius 2 is 2.21 bits per heavy atom. The van der Waals surface area contributed by atoms with Crippen LogP contribution in [0.15, 0.2) is 0 Å². The zero-order chi connectivity index (χ0) is 9.97. The minimum absolute atomic E-state index is 0.265. The van der Waals surface area contributed by atoms with E-state index < -0.39 is 0 Å². The molecule has 0 amide bonds. The molecule has 1 atom stereocenters. The Morgan fingerprint density at radius 1 is 1.36 bits per heavy atom. The molecule has 1 unspecified atom stereocenters. The molecule has 1 aromatic heterocycles. The first-order valence-electron chi connectivity index (χ1n) is 4.89. The van der Waals surface area contributed by atoms with Gasteiger partial charge in [-0.15, -0.1) is 10.2 Å². The van der Waals surface area contributed by atoms with Crippen molar-refractivity contribution in [2.75, 3.05) is 33.7 Å². The Morgan fingerprint density at radius 3 is 2.93 bits per heavy atom. The molecule has 14 heavy (non-hydrogen) atoms. The summed E-state index contributed by atoms with van der Waals surface area (Å²) in [6.45, 7) is 3.19. The molecule has 0 spiro atoms. The predicted octanol–water partition coefficient (Wildman–Crippen LogP) is -0.492. The molecule has 1 fully saturated rings. The number of likely N-dealkylation sites (N-methyl/N-ethyl adjacent to an activating group) is 2. The van der Waals surface area contributed by atoms with E-state index in [0.29, 0.717) is 0 Å². The number of nitrogens with one attached hydrogen (secondary N) is 1. The second-order valence-corrected chi connectivity index (χ2v) is 3.88. The number of nitrogens with zero attached hydrogens (tertiary/aromatic N) is 5. The first kappa shape index (κ1) is 9.54. The van der Waals surface area contributed by atoms with Crippen molar-refractivity contribution < 1.29 is 0 Å². The van der Waals surface area contributed by atoms with Crippen LogP contribution < -0.4 is 0 Å². The SMILES string of the molecule is CN1CCCN(C)C(c2nn[nH]n2)C1. The lowest BCUT2D eigenvalue weighted by atomic mass is 10.2. The van der Waals surface area contributed by atoms with Gasteiger partial charge < -0.3 is 4.90 Å². The van der Waals surface area contributed by atoms with E-state index >= 15 is 0 Å². The van der Waals surface area contributed by atoms with Crippen LogP contribution in [0.5, 0.6) is 0 Å². The number of aromatic amines is 1. The monoisotopic (exact) mass is 196 g/mol. The van der Waals surface area contributed by atoms with Crippen LogP contribution >= 0.6 is 0 Å². The number of H-pyrrole nitrogens is 1. The molecule has 0 saturated carbocycles. The first-order valence-corrected chi connectivity index (χ1v) is 4.89. The van der Waals surface area contributed by atoms with Crippen molar-refractivity contribution >= 4 is 0 Å². The fourth-order valence-corrected chi connectivity index (χ4v) is 1.86. The summed E-state index contributed by atoms with van der Waals surface area (Å²) in [6.07, 6.45) is 1.20. The van der Waals surface area contributed by atoms with Gasteiger partial charge in [-0.25, -0.2) is 0 Å². The Bertz CT molecular complexity index is 271. The van der Waals surface area contributed by atoms with Gasteiger partial charge in [-0.1, -0.05) is 5.21 Å². The number of tetrazole rings is 1. The highest BCUT2D eigenvalue weighted by Crippen LogP contribution is 2.18. The summed E-state index contributed by atoms with van der Waals surface area (Å²) >= 11 is 0. The van der Waals surface area contributed by atoms with Crippen LogP contribution in [0.4, 0.5) is 0 Å². The molecular formula is C8H16N6. The lowest BCUT2D eigenvalue weighted by Gasteiger charge is -2.24. The summed E-state index contributed by atoms with van der Waals surface area (Å²) in [7, 11) is 4.24. The van der Waals surface area contributed by atoms with Gasteiger partial charge in [-0.05, 0) is 33.6 Å². The van der Waals surface area contributed by atoms with Gasteiger partial charge in [0.25, 0.3) is 0 Å². The van der Waals surface area contributed by atoms with E-state index in [-0.39, 0.29) is 6.04 Å². The van der Waals surface area contributed by atoms with Gasteiger partial charge >= 0.3 is 0 Å². The topological polar surface area (TPSA) is 60.9 Å². The maximum absolute atomic E-state index is 4.05. The van der Waals surface area contributed by atoms with E-state index in [4.69, 9.17) is 0 Å². The molecule has 0 bridgehead atoms. The summed E-state index contributed by atoms with van der Waals surface area (Å²) in [4.78, 5) is 4.60. The Labute approximate surface area is 83.3 Å². The molecule has 0 aromatic carbocycles. The largest absolute Gasteiger partial charge is 0.304 e. The summed E-state index contributed by atoms with van der Waals surface area (Å²) in [5.74, 6) is 0.793. The summed E-state index contributed by atoms with van der Waals surface area (Å²) in [5.41, 5.74) is 0. The fourth-order valence-electron chi connectivity index (χ4n) is 1.86. The Balaban J connectivity index is 2.14. The zero-order valence-electron chi connectivity index (χ0n) is 8.64. The summed E-state index contributed by atoms with van der Waals surface area (Å²) in [6, 6.07) is 0.265. The van der Waals surface area contributed by atoms with Gasteiger partial charge in [0.1, 0.15) is 0 Å². The lowest BCUT2D eigenvalue weighted by Crippen LogP contribution is -2.31. The summed E-state index contributed by atoms with van der Waals surface area (Å²) < 4.78 is 0. The van der Waals surface area contributed by atoms with Gasteiger partial charge in [0, 0.05) is 6.54 Å². The van der Waals surface area contributed by atoms with Crippen molar-refractivity contribution in [1.82, 2.24) is 30.4 Å². The average molecular weight is 196 g/mol. The van der Waals surface area contributed by atoms with Crippen molar-refractivity contribution in [1.29, 1.82) is 0 Å². The van der Waals surface area contributed by atoms with E-state index in [1.54, 1.807) is 0 Å². The number of aromatic nitrogens is 4. The van der Waals surface area contributed by atoms with Gasteiger partial charge in [-0.3, -0.25) is 4.90 Å². The maximum atomic E-state index is 4.05. The molecule has 1 saturated heterocycles. The fraction of sp³-hybridized carbons (Fsp3) is 0.875. The molecule has 1 aliphatic rings. The molecule has 0 radical (unpaired) electrons. The number of hydrogen-bond donors (Lipinski definition) is 1. The van der Waals surface area contributed by atoms with E-state index in [9.17, 15) is 0 Å². The third kappa shape index (κ3) is 1.91. The normalized spacial score (nSPS) is 26.3. The van der Waals surface area contributed by atoms with Crippen LogP contribution in [0.1, 0.15) is 18.3 Å². The maximum Gasteiger partial charge on any atom is 0.192 e. The molecule has 2 heterocycles. The average Bonchev–Trinajstić information content (AvgIpc) is 2.61. The standard InChI is InChI=1S/C8H16N6/c1-13-4-3-5-14(2)7(6-13)8-9-11-12-10-8/h7H,3-6H2,1-2H3,(H,9,10,11,12). The molecular weight excluding hydrogens is 180 g/mol. The highest BCUT2D eigenvalue weighted by atomic mass is 15.5. The van der Waals surface area contributed by atoms with E-state index in [1.807, 2.05) is 0 Å². The van der Waals surface area contributed by atoms with Crippen LogP contribution in [0.2, 0.25) is 0 Å². The van der Waals surface area contributed by atoms with Crippen molar-refractivity contribution in [2.24, 2.45) is 0 Å². The third-order valence-corrected chi connectivity index (χ3v) is 2.73. The summed E-state index contributed by atoms with van der Waals surface area (Å²) in [5, 5.41) is 14.2. The highest BCUT2D eigenvalue weighted by molar-refractivity contribution is 4.92. The molecule has 78 valence electrons. The molecule has 6 heteroatoms. The van der Waals surface area contributed by atoms with Crippen LogP contribution in [-0.2, 0) is 0 Å². The van der Waals surface area contributed by atoms with Crippen LogP contribution in [-0.4, -0.2) is 64.2 Å². The quantitative estimate of drug-likeness (QED) is 0.656. The van der Waals surface area contributed by atoms with Crippen molar-refractivity contribution in [2.45, 2.75) is 12.5 Å². The van der Waals surface area contributed by atoms with Crippen molar-refractivity contribution in [3.8, 4) is 0 Å². The zero-order valence-corrected chi connectivity index (χ0v) is 8.64. The minimum atomic E-state index is 0.265. The molecule has 0 aliphatic carbocycles. The van der Waals surface area contributed by atoms with Crippen molar-refractivity contribution in [3.63, 3.8) is 0 Å². The number of rotatable bonds is 1. The van der Waals surface area contributed by atoms with Gasteiger partial charge in [0.2, 0.25) is 0 Å². The molecule has 1 aromatic rings. The van der Waals surface area contributed by atoms with Gasteiger partial charge in [-0.2, -0.15) is 5.21 Å². The van der Waals surface area contributed by atoms with Gasteiger partial charge in [0.05, 0.1) is 6.04 Å².